The largest absolute Gasteiger partial charge is 0.481 e. The second kappa shape index (κ2) is 8.60. The number of hydrogen-bond donors (Lipinski definition) is 1. The minimum atomic E-state index is -0.884. The third-order valence-corrected chi connectivity index (χ3v) is 5.24. The molecule has 2 heterocycles. The molecule has 2 aromatic carbocycles. The van der Waals surface area contributed by atoms with E-state index in [1.54, 1.807) is 12.1 Å². The van der Waals surface area contributed by atoms with E-state index < -0.39 is 5.97 Å². The van der Waals surface area contributed by atoms with Crippen molar-refractivity contribution in [1.82, 2.24) is 14.6 Å². The predicted molar refractivity (Wildman–Crippen MR) is 119 cm³/mol. The first kappa shape index (κ1) is 20.6. The van der Waals surface area contributed by atoms with Crippen LogP contribution in [-0.4, -0.2) is 25.7 Å². The monoisotopic (exact) mass is 415 g/mol. The minimum Gasteiger partial charge on any atom is -0.481 e. The Labute approximate surface area is 181 Å². The number of rotatable bonds is 7. The van der Waals surface area contributed by atoms with Crippen LogP contribution in [0.4, 0.5) is 0 Å². The summed E-state index contributed by atoms with van der Waals surface area (Å²) in [4.78, 5) is 15.9. The summed E-state index contributed by atoms with van der Waals surface area (Å²) >= 11 is 0. The van der Waals surface area contributed by atoms with Crippen LogP contribution in [0.25, 0.3) is 5.65 Å². The highest BCUT2D eigenvalue weighted by atomic mass is 16.5. The van der Waals surface area contributed by atoms with E-state index in [1.807, 2.05) is 47.8 Å². The summed E-state index contributed by atoms with van der Waals surface area (Å²) in [7, 11) is 0. The van der Waals surface area contributed by atoms with E-state index in [-0.39, 0.29) is 6.42 Å². The fraction of sp³-hybridized carbons (Fsp3) is 0.240. The molecule has 4 aromatic rings. The molecule has 0 aliphatic rings. The SMILES string of the molecule is CCc1nc2c(C)cc(C)nn2c1Cc1ccc(Oc2ccccc2CC(=O)O)cc1. The number of nitrogens with zero attached hydrogens (tertiary/aromatic N) is 3. The van der Waals surface area contributed by atoms with E-state index in [9.17, 15) is 4.79 Å². The van der Waals surface area contributed by atoms with Gasteiger partial charge in [0, 0.05) is 12.0 Å². The number of carboxylic acid groups (broad SMARTS) is 1. The summed E-state index contributed by atoms with van der Waals surface area (Å²) in [6.07, 6.45) is 1.49. The molecule has 31 heavy (non-hydrogen) atoms. The van der Waals surface area contributed by atoms with E-state index in [1.165, 1.54) is 0 Å². The number of fused-ring (bicyclic) bond motifs is 1. The molecule has 158 valence electrons. The van der Waals surface area contributed by atoms with Crippen molar-refractivity contribution in [2.24, 2.45) is 0 Å². The number of para-hydroxylation sites is 1. The van der Waals surface area contributed by atoms with Crippen LogP contribution in [0.1, 0.15) is 40.7 Å². The lowest BCUT2D eigenvalue weighted by atomic mass is 10.1. The lowest BCUT2D eigenvalue weighted by Gasteiger charge is -2.11. The van der Waals surface area contributed by atoms with E-state index >= 15 is 0 Å². The number of aromatic nitrogens is 3. The molecule has 0 bridgehead atoms. The Bertz CT molecular complexity index is 1240. The first-order valence-electron chi connectivity index (χ1n) is 10.4. The summed E-state index contributed by atoms with van der Waals surface area (Å²) in [6.45, 7) is 6.17. The van der Waals surface area contributed by atoms with Crippen LogP contribution in [-0.2, 0) is 24.1 Å². The van der Waals surface area contributed by atoms with Crippen LogP contribution >= 0.6 is 0 Å². The maximum atomic E-state index is 11.1. The van der Waals surface area contributed by atoms with Gasteiger partial charge < -0.3 is 9.84 Å². The normalized spacial score (nSPS) is 11.1. The number of benzene rings is 2. The van der Waals surface area contributed by atoms with Gasteiger partial charge >= 0.3 is 5.97 Å². The van der Waals surface area contributed by atoms with E-state index in [0.717, 1.165) is 46.7 Å². The molecule has 0 amide bonds. The maximum Gasteiger partial charge on any atom is 0.307 e. The summed E-state index contributed by atoms with van der Waals surface area (Å²) in [5, 5.41) is 13.8. The highest BCUT2D eigenvalue weighted by Gasteiger charge is 2.15. The van der Waals surface area contributed by atoms with Crippen molar-refractivity contribution < 1.29 is 14.6 Å². The molecule has 0 saturated carbocycles. The Kier molecular flexibility index (Phi) is 5.71. The number of imidazole rings is 1. The predicted octanol–water partition coefficient (Wildman–Crippen LogP) is 4.92. The first-order valence-corrected chi connectivity index (χ1v) is 10.4. The molecule has 2 aromatic heterocycles. The molecular formula is C25H25N3O3. The summed E-state index contributed by atoms with van der Waals surface area (Å²) in [6, 6.07) is 17.1. The number of ether oxygens (including phenoxy) is 1. The fourth-order valence-electron chi connectivity index (χ4n) is 3.79. The van der Waals surface area contributed by atoms with E-state index in [2.05, 4.69) is 25.0 Å². The van der Waals surface area contributed by atoms with Crippen LogP contribution in [0.2, 0.25) is 0 Å². The molecule has 0 spiro atoms. The van der Waals surface area contributed by atoms with Gasteiger partial charge in [0.05, 0.1) is 23.5 Å². The molecule has 0 aliphatic heterocycles. The second-order valence-corrected chi connectivity index (χ2v) is 7.66. The van der Waals surface area contributed by atoms with Gasteiger partial charge in [-0.1, -0.05) is 37.3 Å². The van der Waals surface area contributed by atoms with E-state index in [0.29, 0.717) is 17.1 Å². The van der Waals surface area contributed by atoms with Gasteiger partial charge in [-0.2, -0.15) is 5.10 Å². The lowest BCUT2D eigenvalue weighted by molar-refractivity contribution is -0.136. The molecule has 0 radical (unpaired) electrons. The number of hydrogen-bond acceptors (Lipinski definition) is 4. The first-order chi connectivity index (χ1) is 14.9. The van der Waals surface area contributed by atoms with Crippen LogP contribution in [0.3, 0.4) is 0 Å². The third kappa shape index (κ3) is 4.43. The average Bonchev–Trinajstić information content (AvgIpc) is 3.08. The van der Waals surface area contributed by atoms with Crippen molar-refractivity contribution in [3.63, 3.8) is 0 Å². The Hall–Kier alpha value is -3.67. The van der Waals surface area contributed by atoms with Gasteiger partial charge in [0.1, 0.15) is 11.5 Å². The number of aryl methyl sites for hydroxylation is 3. The molecule has 1 N–H and O–H groups in total. The third-order valence-electron chi connectivity index (χ3n) is 5.24. The van der Waals surface area contributed by atoms with Gasteiger partial charge in [-0.05, 0) is 55.7 Å². The molecule has 0 aliphatic carbocycles. The molecule has 6 heteroatoms. The number of carbonyl (C=O) groups is 1. The van der Waals surface area contributed by atoms with Crippen molar-refractivity contribution in [3.8, 4) is 11.5 Å². The molecule has 0 saturated heterocycles. The van der Waals surface area contributed by atoms with Gasteiger partial charge in [0.15, 0.2) is 5.65 Å². The number of aliphatic carboxylic acids is 1. The Morgan fingerprint density at radius 3 is 2.55 bits per heavy atom. The molecule has 0 fully saturated rings. The molecule has 0 unspecified atom stereocenters. The molecular weight excluding hydrogens is 390 g/mol. The lowest BCUT2D eigenvalue weighted by Crippen LogP contribution is -2.03. The standard InChI is InChI=1S/C25H25N3O3/c1-4-21-22(28-25(26-21)16(2)13-17(3)27-28)14-18-9-11-20(12-10-18)31-23-8-6-5-7-19(23)15-24(29)30/h5-13H,4,14-15H2,1-3H3,(H,29,30). The van der Waals surface area contributed by atoms with Gasteiger partial charge in [0.2, 0.25) is 0 Å². The Morgan fingerprint density at radius 1 is 1.10 bits per heavy atom. The second-order valence-electron chi connectivity index (χ2n) is 7.66. The number of carboxylic acids is 1. The van der Waals surface area contributed by atoms with Gasteiger partial charge in [-0.25, -0.2) is 9.50 Å². The molecule has 6 nitrogen and oxygen atoms in total. The molecule has 0 atom stereocenters. The van der Waals surface area contributed by atoms with Gasteiger partial charge in [-0.15, -0.1) is 0 Å². The van der Waals surface area contributed by atoms with Crippen LogP contribution < -0.4 is 4.74 Å². The van der Waals surface area contributed by atoms with Crippen LogP contribution in [0, 0.1) is 13.8 Å². The smallest absolute Gasteiger partial charge is 0.307 e. The van der Waals surface area contributed by atoms with Crippen molar-refractivity contribution in [2.45, 2.75) is 40.0 Å². The highest BCUT2D eigenvalue weighted by Crippen LogP contribution is 2.27. The van der Waals surface area contributed by atoms with E-state index in [4.69, 9.17) is 14.8 Å². The Morgan fingerprint density at radius 2 is 1.84 bits per heavy atom. The highest BCUT2D eigenvalue weighted by molar-refractivity contribution is 5.71. The van der Waals surface area contributed by atoms with Crippen molar-refractivity contribution >= 4 is 11.6 Å². The fourth-order valence-corrected chi connectivity index (χ4v) is 3.79. The van der Waals surface area contributed by atoms with Crippen molar-refractivity contribution in [2.75, 3.05) is 0 Å². The Balaban J connectivity index is 1.59. The van der Waals surface area contributed by atoms with Crippen molar-refractivity contribution in [3.05, 3.63) is 88.4 Å². The zero-order valence-electron chi connectivity index (χ0n) is 17.9. The van der Waals surface area contributed by atoms with Crippen LogP contribution in [0.5, 0.6) is 11.5 Å². The topological polar surface area (TPSA) is 76.7 Å². The maximum absolute atomic E-state index is 11.1. The zero-order valence-corrected chi connectivity index (χ0v) is 17.9. The quantitative estimate of drug-likeness (QED) is 0.464. The van der Waals surface area contributed by atoms with Crippen LogP contribution in [0.15, 0.2) is 54.6 Å². The zero-order chi connectivity index (χ0) is 22.0. The average molecular weight is 415 g/mol. The summed E-state index contributed by atoms with van der Waals surface area (Å²) < 4.78 is 7.92. The minimum absolute atomic E-state index is 0.0752. The molecule has 4 rings (SSSR count). The summed E-state index contributed by atoms with van der Waals surface area (Å²) in [5.74, 6) is 0.341. The van der Waals surface area contributed by atoms with Gasteiger partial charge in [0.25, 0.3) is 0 Å². The van der Waals surface area contributed by atoms with Gasteiger partial charge in [-0.3, -0.25) is 4.79 Å². The summed E-state index contributed by atoms with van der Waals surface area (Å²) in [5.41, 5.74) is 6.94. The van der Waals surface area contributed by atoms with Crippen molar-refractivity contribution in [1.29, 1.82) is 0 Å².